The van der Waals surface area contributed by atoms with Crippen LogP contribution in [0.4, 0.5) is 0 Å². The van der Waals surface area contributed by atoms with Gasteiger partial charge in [0, 0.05) is 31.3 Å². The van der Waals surface area contributed by atoms with E-state index in [9.17, 15) is 4.79 Å². The van der Waals surface area contributed by atoms with Crippen molar-refractivity contribution in [2.45, 2.75) is 38.8 Å². The Bertz CT molecular complexity index is 558. The summed E-state index contributed by atoms with van der Waals surface area (Å²) in [6.07, 6.45) is 2.96. The molecule has 23 heavy (non-hydrogen) atoms. The molecule has 0 bridgehead atoms. The predicted octanol–water partition coefficient (Wildman–Crippen LogP) is 2.85. The van der Waals surface area contributed by atoms with Gasteiger partial charge in [0.05, 0.1) is 11.5 Å². The van der Waals surface area contributed by atoms with Crippen LogP contribution in [-0.4, -0.2) is 43.2 Å². The zero-order chi connectivity index (χ0) is 16.3. The first-order valence-electron chi connectivity index (χ1n) is 8.49. The van der Waals surface area contributed by atoms with Crippen LogP contribution in [0.2, 0.25) is 5.02 Å². The number of ether oxygens (including phenoxy) is 1. The average Bonchev–Trinajstić information content (AvgIpc) is 2.53. The summed E-state index contributed by atoms with van der Waals surface area (Å²) in [6, 6.07) is 7.75. The Morgan fingerprint density at radius 1 is 1.48 bits per heavy atom. The second-order valence-electron chi connectivity index (χ2n) is 6.66. The zero-order valence-corrected chi connectivity index (χ0v) is 14.4. The number of piperidine rings is 2. The summed E-state index contributed by atoms with van der Waals surface area (Å²) in [5, 5.41) is 4.12. The van der Waals surface area contributed by atoms with Gasteiger partial charge in [0.15, 0.2) is 0 Å². The first-order chi connectivity index (χ1) is 11.1. The molecule has 3 rings (SSSR count). The van der Waals surface area contributed by atoms with E-state index in [1.54, 1.807) is 0 Å². The number of halogens is 1. The van der Waals surface area contributed by atoms with Crippen molar-refractivity contribution in [3.63, 3.8) is 0 Å². The van der Waals surface area contributed by atoms with Gasteiger partial charge >= 0.3 is 0 Å². The summed E-state index contributed by atoms with van der Waals surface area (Å²) < 4.78 is 5.90. The van der Waals surface area contributed by atoms with E-state index in [1.165, 1.54) is 0 Å². The lowest BCUT2D eigenvalue weighted by molar-refractivity contribution is -0.157. The fourth-order valence-electron chi connectivity index (χ4n) is 3.92. The number of carbonyl (C=O) groups excluding carboxylic acids is 1. The number of rotatable bonds is 4. The van der Waals surface area contributed by atoms with Gasteiger partial charge in [0.2, 0.25) is 5.91 Å². The third-order valence-corrected chi connectivity index (χ3v) is 5.16. The Kier molecular flexibility index (Phi) is 5.24. The summed E-state index contributed by atoms with van der Waals surface area (Å²) in [6.45, 7) is 5.74. The Hall–Kier alpha value is -1.10. The highest BCUT2D eigenvalue weighted by Gasteiger charge is 2.47. The molecule has 1 amide bonds. The number of nitrogens with one attached hydrogen (secondary N) is 1. The van der Waals surface area contributed by atoms with Crippen molar-refractivity contribution in [2.24, 2.45) is 5.41 Å². The Morgan fingerprint density at radius 3 is 3.04 bits per heavy atom. The SMILES string of the molecule is CCO[C@@H]1CN(Cc2cccc(Cl)c2)C(=O)[C@@]2(CCCNC2)C1. The number of amides is 1. The van der Waals surface area contributed by atoms with Gasteiger partial charge in [-0.3, -0.25) is 4.79 Å². The van der Waals surface area contributed by atoms with Crippen molar-refractivity contribution in [1.82, 2.24) is 10.2 Å². The van der Waals surface area contributed by atoms with Gasteiger partial charge in [-0.1, -0.05) is 23.7 Å². The second kappa shape index (κ2) is 7.20. The van der Waals surface area contributed by atoms with Gasteiger partial charge < -0.3 is 15.0 Å². The highest BCUT2D eigenvalue weighted by atomic mass is 35.5. The monoisotopic (exact) mass is 336 g/mol. The van der Waals surface area contributed by atoms with Crippen molar-refractivity contribution >= 4 is 17.5 Å². The number of nitrogens with zero attached hydrogens (tertiary/aromatic N) is 1. The van der Waals surface area contributed by atoms with Gasteiger partial charge in [0.1, 0.15) is 0 Å². The molecule has 2 fully saturated rings. The number of hydrogen-bond donors (Lipinski definition) is 1. The molecule has 126 valence electrons. The lowest BCUT2D eigenvalue weighted by Gasteiger charge is -2.47. The van der Waals surface area contributed by atoms with Crippen LogP contribution in [0, 0.1) is 5.41 Å². The third kappa shape index (κ3) is 3.70. The lowest BCUT2D eigenvalue weighted by atomic mass is 9.72. The molecule has 2 heterocycles. The van der Waals surface area contributed by atoms with Gasteiger partial charge in [-0.2, -0.15) is 0 Å². The van der Waals surface area contributed by atoms with Crippen molar-refractivity contribution in [3.8, 4) is 0 Å². The van der Waals surface area contributed by atoms with Gasteiger partial charge in [0.25, 0.3) is 0 Å². The Balaban J connectivity index is 1.80. The minimum absolute atomic E-state index is 0.122. The van der Waals surface area contributed by atoms with Crippen LogP contribution in [0.3, 0.4) is 0 Å². The normalized spacial score (nSPS) is 28.3. The standard InChI is InChI=1S/C18H25ClN2O2/c1-2-23-16-10-18(7-4-8-20-13-18)17(22)21(12-16)11-14-5-3-6-15(19)9-14/h3,5-6,9,16,20H,2,4,7-8,10-13H2,1H3/t16-,18-/m0/s1. The van der Waals surface area contributed by atoms with E-state index in [4.69, 9.17) is 16.3 Å². The minimum atomic E-state index is -0.297. The second-order valence-corrected chi connectivity index (χ2v) is 7.09. The zero-order valence-electron chi connectivity index (χ0n) is 13.7. The highest BCUT2D eigenvalue weighted by molar-refractivity contribution is 6.30. The molecule has 1 spiro atoms. The molecule has 2 aliphatic heterocycles. The molecular formula is C18H25ClN2O2. The summed E-state index contributed by atoms with van der Waals surface area (Å²) in [5.74, 6) is 0.264. The van der Waals surface area contributed by atoms with E-state index < -0.39 is 0 Å². The van der Waals surface area contributed by atoms with Gasteiger partial charge in [-0.25, -0.2) is 0 Å². The van der Waals surface area contributed by atoms with Crippen molar-refractivity contribution in [2.75, 3.05) is 26.2 Å². The molecule has 0 aliphatic carbocycles. The van der Waals surface area contributed by atoms with Crippen LogP contribution >= 0.6 is 11.6 Å². The van der Waals surface area contributed by atoms with E-state index >= 15 is 0 Å². The van der Waals surface area contributed by atoms with E-state index in [-0.39, 0.29) is 17.4 Å². The van der Waals surface area contributed by atoms with Crippen LogP contribution in [0.25, 0.3) is 0 Å². The molecule has 0 saturated carbocycles. The van der Waals surface area contributed by atoms with Crippen LogP contribution in [-0.2, 0) is 16.1 Å². The van der Waals surface area contributed by atoms with Gasteiger partial charge in [-0.15, -0.1) is 0 Å². The largest absolute Gasteiger partial charge is 0.377 e. The maximum absolute atomic E-state index is 13.1. The molecule has 0 radical (unpaired) electrons. The van der Waals surface area contributed by atoms with Crippen molar-refractivity contribution < 1.29 is 9.53 Å². The Labute approximate surface area is 143 Å². The molecule has 2 atom stereocenters. The molecule has 4 nitrogen and oxygen atoms in total. The third-order valence-electron chi connectivity index (χ3n) is 4.92. The maximum Gasteiger partial charge on any atom is 0.230 e. The van der Waals surface area contributed by atoms with E-state index in [0.717, 1.165) is 37.9 Å². The number of hydrogen-bond acceptors (Lipinski definition) is 3. The van der Waals surface area contributed by atoms with Gasteiger partial charge in [-0.05, 0) is 50.4 Å². The smallest absolute Gasteiger partial charge is 0.230 e. The molecule has 2 saturated heterocycles. The van der Waals surface area contributed by atoms with E-state index in [2.05, 4.69) is 5.32 Å². The molecule has 1 aromatic carbocycles. The molecule has 2 aliphatic rings. The van der Waals surface area contributed by atoms with Crippen molar-refractivity contribution in [3.05, 3.63) is 34.9 Å². The maximum atomic E-state index is 13.1. The quantitative estimate of drug-likeness (QED) is 0.919. The van der Waals surface area contributed by atoms with Crippen LogP contribution in [0.1, 0.15) is 31.7 Å². The molecule has 1 aromatic rings. The highest BCUT2D eigenvalue weighted by Crippen LogP contribution is 2.38. The lowest BCUT2D eigenvalue weighted by Crippen LogP contribution is -2.59. The number of benzene rings is 1. The molecular weight excluding hydrogens is 312 g/mol. The molecule has 0 unspecified atom stereocenters. The molecule has 1 N–H and O–H groups in total. The van der Waals surface area contributed by atoms with Crippen LogP contribution in [0.15, 0.2) is 24.3 Å². The van der Waals surface area contributed by atoms with Crippen LogP contribution < -0.4 is 5.32 Å². The summed E-state index contributed by atoms with van der Waals surface area (Å²) in [5.41, 5.74) is 0.775. The van der Waals surface area contributed by atoms with Crippen molar-refractivity contribution in [1.29, 1.82) is 0 Å². The predicted molar refractivity (Wildman–Crippen MR) is 91.4 cm³/mol. The minimum Gasteiger partial charge on any atom is -0.377 e. The number of carbonyl (C=O) groups is 1. The summed E-state index contributed by atoms with van der Waals surface area (Å²) in [7, 11) is 0. The fraction of sp³-hybridized carbons (Fsp3) is 0.611. The first kappa shape index (κ1) is 16.7. The van der Waals surface area contributed by atoms with Crippen LogP contribution in [0.5, 0.6) is 0 Å². The van der Waals surface area contributed by atoms with E-state index in [1.807, 2.05) is 36.1 Å². The summed E-state index contributed by atoms with van der Waals surface area (Å²) in [4.78, 5) is 15.1. The topological polar surface area (TPSA) is 41.6 Å². The average molecular weight is 337 g/mol. The number of likely N-dealkylation sites (tertiary alicyclic amines) is 1. The van der Waals surface area contributed by atoms with E-state index in [0.29, 0.717) is 24.7 Å². The fourth-order valence-corrected chi connectivity index (χ4v) is 4.13. The Morgan fingerprint density at radius 2 is 2.35 bits per heavy atom. The molecule has 5 heteroatoms. The first-order valence-corrected chi connectivity index (χ1v) is 8.87. The molecule has 0 aromatic heterocycles. The summed E-state index contributed by atoms with van der Waals surface area (Å²) >= 11 is 6.08.